The van der Waals surface area contributed by atoms with E-state index in [4.69, 9.17) is 0 Å². The molecule has 0 bridgehead atoms. The first kappa shape index (κ1) is 20.9. The Morgan fingerprint density at radius 1 is 1.07 bits per heavy atom. The number of amides is 2. The number of thioether (sulfide) groups is 1. The number of carbonyl (C=O) groups is 2. The summed E-state index contributed by atoms with van der Waals surface area (Å²) in [5, 5.41) is 0. The molecule has 2 aromatic rings. The lowest BCUT2D eigenvalue weighted by molar-refractivity contribution is -0.139. The van der Waals surface area contributed by atoms with Crippen LogP contribution in [0, 0.1) is 5.82 Å². The van der Waals surface area contributed by atoms with E-state index in [-0.39, 0.29) is 17.6 Å². The van der Waals surface area contributed by atoms with Crippen molar-refractivity contribution in [2.24, 2.45) is 0 Å². The first-order valence-corrected chi connectivity index (χ1v) is 11.1. The maximum Gasteiger partial charge on any atom is 0.252 e. The molecule has 158 valence electrons. The van der Waals surface area contributed by atoms with Crippen molar-refractivity contribution in [3.8, 4) is 0 Å². The molecule has 1 unspecified atom stereocenters. The molecule has 7 heteroatoms. The molecule has 0 aromatic heterocycles. The maximum atomic E-state index is 13.9. The van der Waals surface area contributed by atoms with Crippen molar-refractivity contribution < 1.29 is 14.0 Å². The topological polar surface area (TPSA) is 43.9 Å². The summed E-state index contributed by atoms with van der Waals surface area (Å²) in [4.78, 5) is 33.3. The van der Waals surface area contributed by atoms with Crippen LogP contribution in [-0.2, 0) is 16.1 Å². The molecule has 5 nitrogen and oxygen atoms in total. The highest BCUT2D eigenvalue weighted by molar-refractivity contribution is 8.02. The second kappa shape index (κ2) is 8.40. The zero-order chi connectivity index (χ0) is 21.3. The van der Waals surface area contributed by atoms with Gasteiger partial charge in [0.25, 0.3) is 5.91 Å². The molecule has 0 N–H and O–H groups in total. The monoisotopic (exact) mass is 427 g/mol. The number of hydrogen-bond donors (Lipinski definition) is 0. The van der Waals surface area contributed by atoms with Gasteiger partial charge in [0, 0.05) is 49.7 Å². The Morgan fingerprint density at radius 2 is 1.73 bits per heavy atom. The Bertz CT molecular complexity index is 961. The molecule has 0 radical (unpaired) electrons. The highest BCUT2D eigenvalue weighted by atomic mass is 32.2. The Labute approximate surface area is 180 Å². The summed E-state index contributed by atoms with van der Waals surface area (Å²) in [7, 11) is 0. The van der Waals surface area contributed by atoms with E-state index in [9.17, 15) is 14.0 Å². The van der Waals surface area contributed by atoms with Crippen molar-refractivity contribution >= 4 is 29.3 Å². The minimum absolute atomic E-state index is 0.143. The fourth-order valence-electron chi connectivity index (χ4n) is 4.12. The van der Waals surface area contributed by atoms with Gasteiger partial charge in [0.1, 0.15) is 5.82 Å². The van der Waals surface area contributed by atoms with Gasteiger partial charge < -0.3 is 9.80 Å². The SMILES string of the molecule is CCN1C(=O)C(C)(C(=O)N2CCN(Cc3ccccc3F)CC2)Sc2ccccc21. The highest BCUT2D eigenvalue weighted by Gasteiger charge is 2.50. The van der Waals surface area contributed by atoms with Crippen molar-refractivity contribution in [1.82, 2.24) is 9.80 Å². The molecule has 0 aliphatic carbocycles. The molecule has 2 aliphatic rings. The fourth-order valence-corrected chi connectivity index (χ4v) is 5.41. The maximum absolute atomic E-state index is 13.9. The van der Waals surface area contributed by atoms with Crippen molar-refractivity contribution in [1.29, 1.82) is 0 Å². The molecule has 1 saturated heterocycles. The molecule has 2 aromatic carbocycles. The summed E-state index contributed by atoms with van der Waals surface area (Å²) < 4.78 is 12.8. The predicted octanol–water partition coefficient (Wildman–Crippen LogP) is 3.39. The van der Waals surface area contributed by atoms with Crippen LogP contribution in [0.2, 0.25) is 0 Å². The molecule has 0 saturated carbocycles. The number of para-hydroxylation sites is 1. The Kier molecular flexibility index (Phi) is 5.84. The van der Waals surface area contributed by atoms with Crippen LogP contribution >= 0.6 is 11.8 Å². The number of piperazine rings is 1. The lowest BCUT2D eigenvalue weighted by Gasteiger charge is -2.43. The third-order valence-corrected chi connectivity index (χ3v) is 7.18. The molecular formula is C23H26FN3O2S. The summed E-state index contributed by atoms with van der Waals surface area (Å²) in [5.74, 6) is -0.505. The van der Waals surface area contributed by atoms with Gasteiger partial charge in [-0.1, -0.05) is 42.1 Å². The lowest BCUT2D eigenvalue weighted by Crippen LogP contribution is -2.60. The predicted molar refractivity (Wildman–Crippen MR) is 117 cm³/mol. The van der Waals surface area contributed by atoms with Gasteiger partial charge in [0.05, 0.1) is 5.69 Å². The Hall–Kier alpha value is -2.38. The van der Waals surface area contributed by atoms with Gasteiger partial charge in [-0.25, -0.2) is 4.39 Å². The van der Waals surface area contributed by atoms with Crippen molar-refractivity contribution in [2.45, 2.75) is 30.0 Å². The van der Waals surface area contributed by atoms with Gasteiger partial charge in [-0.2, -0.15) is 0 Å². The molecule has 4 rings (SSSR count). The van der Waals surface area contributed by atoms with E-state index >= 15 is 0 Å². The van der Waals surface area contributed by atoms with E-state index in [1.54, 1.807) is 28.9 Å². The van der Waals surface area contributed by atoms with E-state index in [1.807, 2.05) is 37.3 Å². The van der Waals surface area contributed by atoms with Crippen LogP contribution in [0.25, 0.3) is 0 Å². The normalized spacial score (nSPS) is 22.2. The number of nitrogens with zero attached hydrogens (tertiary/aromatic N) is 3. The molecule has 2 aliphatic heterocycles. The van der Waals surface area contributed by atoms with Crippen LogP contribution in [0.4, 0.5) is 10.1 Å². The van der Waals surface area contributed by atoms with Gasteiger partial charge in [-0.3, -0.25) is 14.5 Å². The number of fused-ring (bicyclic) bond motifs is 1. The first-order valence-electron chi connectivity index (χ1n) is 10.3. The van der Waals surface area contributed by atoms with Crippen LogP contribution in [0.5, 0.6) is 0 Å². The standard InChI is InChI=1S/C23H26FN3O2S/c1-3-27-19-10-6-7-11-20(19)30-23(2,22(27)29)21(28)26-14-12-25(13-15-26)16-17-8-4-5-9-18(17)24/h4-11H,3,12-16H2,1-2H3. The van der Waals surface area contributed by atoms with E-state index in [0.717, 1.165) is 10.6 Å². The second-order valence-corrected chi connectivity index (χ2v) is 9.27. The minimum Gasteiger partial charge on any atom is -0.338 e. The van der Waals surface area contributed by atoms with Crippen LogP contribution in [-0.4, -0.2) is 59.1 Å². The number of rotatable bonds is 4. The van der Waals surface area contributed by atoms with Gasteiger partial charge in [0.2, 0.25) is 5.91 Å². The summed E-state index contributed by atoms with van der Waals surface area (Å²) in [5.41, 5.74) is 1.53. The molecule has 0 spiro atoms. The number of carbonyl (C=O) groups excluding carboxylic acids is 2. The molecular weight excluding hydrogens is 401 g/mol. The molecule has 1 fully saturated rings. The van der Waals surface area contributed by atoms with E-state index in [0.29, 0.717) is 44.8 Å². The zero-order valence-corrected chi connectivity index (χ0v) is 18.1. The van der Waals surface area contributed by atoms with Crippen molar-refractivity contribution in [2.75, 3.05) is 37.6 Å². The third-order valence-electron chi connectivity index (χ3n) is 5.86. The minimum atomic E-state index is -1.17. The van der Waals surface area contributed by atoms with Gasteiger partial charge in [0.15, 0.2) is 4.75 Å². The van der Waals surface area contributed by atoms with E-state index in [2.05, 4.69) is 4.90 Å². The number of halogens is 1. The van der Waals surface area contributed by atoms with Gasteiger partial charge in [-0.05, 0) is 32.0 Å². The Morgan fingerprint density at radius 3 is 2.43 bits per heavy atom. The van der Waals surface area contributed by atoms with Crippen molar-refractivity contribution in [3.63, 3.8) is 0 Å². The van der Waals surface area contributed by atoms with Crippen LogP contribution in [0.1, 0.15) is 19.4 Å². The van der Waals surface area contributed by atoms with Crippen LogP contribution in [0.3, 0.4) is 0 Å². The van der Waals surface area contributed by atoms with E-state index in [1.165, 1.54) is 17.8 Å². The van der Waals surface area contributed by atoms with Gasteiger partial charge >= 0.3 is 0 Å². The lowest BCUT2D eigenvalue weighted by atomic mass is 10.0. The Balaban J connectivity index is 1.46. The number of hydrogen-bond acceptors (Lipinski definition) is 4. The first-order chi connectivity index (χ1) is 14.4. The molecule has 2 amide bonds. The third kappa shape index (κ3) is 3.72. The number of benzene rings is 2. The zero-order valence-electron chi connectivity index (χ0n) is 17.3. The summed E-state index contributed by atoms with van der Waals surface area (Å²) in [6.45, 7) is 7.09. The quantitative estimate of drug-likeness (QED) is 0.702. The molecule has 30 heavy (non-hydrogen) atoms. The van der Waals surface area contributed by atoms with E-state index < -0.39 is 4.75 Å². The largest absolute Gasteiger partial charge is 0.338 e. The van der Waals surface area contributed by atoms with Gasteiger partial charge in [-0.15, -0.1) is 0 Å². The number of anilines is 1. The summed E-state index contributed by atoms with van der Waals surface area (Å²) in [6, 6.07) is 14.5. The molecule has 2 heterocycles. The van der Waals surface area contributed by atoms with Crippen molar-refractivity contribution in [3.05, 3.63) is 59.9 Å². The fraction of sp³-hybridized carbons (Fsp3) is 0.391. The summed E-state index contributed by atoms with van der Waals surface area (Å²) in [6.07, 6.45) is 0. The van der Waals surface area contributed by atoms with Crippen LogP contribution in [0.15, 0.2) is 53.4 Å². The summed E-state index contributed by atoms with van der Waals surface area (Å²) >= 11 is 1.35. The smallest absolute Gasteiger partial charge is 0.252 e. The highest BCUT2D eigenvalue weighted by Crippen LogP contribution is 2.46. The average molecular weight is 428 g/mol. The van der Waals surface area contributed by atoms with Crippen LogP contribution < -0.4 is 4.90 Å². The molecule has 1 atom stereocenters. The average Bonchev–Trinajstić information content (AvgIpc) is 2.76. The second-order valence-electron chi connectivity index (χ2n) is 7.81.